The van der Waals surface area contributed by atoms with Gasteiger partial charge in [0, 0.05) is 19.1 Å². The Labute approximate surface area is 115 Å². The predicted molar refractivity (Wildman–Crippen MR) is 77.2 cm³/mol. The third-order valence-corrected chi connectivity index (χ3v) is 3.50. The van der Waals surface area contributed by atoms with E-state index in [0.29, 0.717) is 6.54 Å². The molecule has 2 amide bonds. The minimum atomic E-state index is -0.0452. The molecule has 104 valence electrons. The number of carbonyl (C=O) groups excluding carboxylic acids is 1. The molecule has 0 spiro atoms. The number of benzene rings is 1. The highest BCUT2D eigenvalue weighted by atomic mass is 16.2. The van der Waals surface area contributed by atoms with Crippen molar-refractivity contribution in [3.63, 3.8) is 0 Å². The molecule has 2 N–H and O–H groups in total. The Morgan fingerprint density at radius 2 is 2.16 bits per heavy atom. The first-order chi connectivity index (χ1) is 9.24. The molecule has 0 aromatic heterocycles. The molecule has 1 aliphatic rings. The first-order valence-corrected chi connectivity index (χ1v) is 7.01. The van der Waals surface area contributed by atoms with Crippen molar-refractivity contribution < 1.29 is 4.79 Å². The van der Waals surface area contributed by atoms with Crippen LogP contribution in [0, 0.1) is 0 Å². The van der Waals surface area contributed by atoms with Crippen molar-refractivity contribution in [1.82, 2.24) is 15.5 Å². The first kappa shape index (κ1) is 13.9. The number of carbonyl (C=O) groups is 1. The topological polar surface area (TPSA) is 44.4 Å². The maximum Gasteiger partial charge on any atom is 0.315 e. The molecular formula is C15H23N3O. The van der Waals surface area contributed by atoms with Crippen LogP contribution >= 0.6 is 0 Å². The van der Waals surface area contributed by atoms with Crippen LogP contribution in [0.4, 0.5) is 4.79 Å². The number of likely N-dealkylation sites (N-methyl/N-ethyl adjacent to an activating group) is 1. The number of piperidine rings is 1. The normalized spacial score (nSPS) is 19.9. The average molecular weight is 261 g/mol. The third kappa shape index (κ3) is 4.91. The van der Waals surface area contributed by atoms with Crippen molar-refractivity contribution in [2.45, 2.75) is 25.3 Å². The monoisotopic (exact) mass is 261 g/mol. The summed E-state index contributed by atoms with van der Waals surface area (Å²) in [6.07, 6.45) is 3.11. The van der Waals surface area contributed by atoms with E-state index in [1.807, 2.05) is 18.2 Å². The second kappa shape index (κ2) is 7.14. The number of hydrogen-bond donors (Lipinski definition) is 2. The third-order valence-electron chi connectivity index (χ3n) is 3.50. The molecule has 0 aliphatic carbocycles. The smallest absolute Gasteiger partial charge is 0.315 e. The summed E-state index contributed by atoms with van der Waals surface area (Å²) in [7, 11) is 2.10. The SMILES string of the molecule is CN1CCC[C@@H](NC(=O)NCCc2ccccc2)C1. The molecule has 1 aromatic rings. The van der Waals surface area contributed by atoms with E-state index in [2.05, 4.69) is 34.7 Å². The molecule has 1 aliphatic heterocycles. The predicted octanol–water partition coefficient (Wildman–Crippen LogP) is 1.62. The van der Waals surface area contributed by atoms with Crippen LogP contribution in [-0.4, -0.2) is 43.7 Å². The number of nitrogens with zero attached hydrogens (tertiary/aromatic N) is 1. The summed E-state index contributed by atoms with van der Waals surface area (Å²) >= 11 is 0. The van der Waals surface area contributed by atoms with Gasteiger partial charge in [-0.25, -0.2) is 4.79 Å². The Morgan fingerprint density at radius 3 is 2.89 bits per heavy atom. The summed E-state index contributed by atoms with van der Waals surface area (Å²) in [6, 6.07) is 10.4. The second-order valence-electron chi connectivity index (χ2n) is 5.24. The minimum absolute atomic E-state index is 0.0452. The molecule has 0 saturated carbocycles. The number of nitrogens with one attached hydrogen (secondary N) is 2. The molecule has 4 heteroatoms. The van der Waals surface area contributed by atoms with Gasteiger partial charge in [-0.3, -0.25) is 0 Å². The van der Waals surface area contributed by atoms with Gasteiger partial charge in [0.05, 0.1) is 0 Å². The molecule has 0 radical (unpaired) electrons. The van der Waals surface area contributed by atoms with Gasteiger partial charge in [0.15, 0.2) is 0 Å². The first-order valence-electron chi connectivity index (χ1n) is 7.01. The van der Waals surface area contributed by atoms with Crippen LogP contribution in [-0.2, 0) is 6.42 Å². The molecule has 1 fully saturated rings. The van der Waals surface area contributed by atoms with Crippen molar-refractivity contribution in [3.05, 3.63) is 35.9 Å². The highest BCUT2D eigenvalue weighted by Crippen LogP contribution is 2.07. The van der Waals surface area contributed by atoms with Gasteiger partial charge in [-0.1, -0.05) is 30.3 Å². The van der Waals surface area contributed by atoms with Crippen molar-refractivity contribution in [1.29, 1.82) is 0 Å². The summed E-state index contributed by atoms with van der Waals surface area (Å²) in [6.45, 7) is 2.76. The summed E-state index contributed by atoms with van der Waals surface area (Å²) in [4.78, 5) is 14.0. The summed E-state index contributed by atoms with van der Waals surface area (Å²) in [5, 5.41) is 5.97. The van der Waals surface area contributed by atoms with Crippen molar-refractivity contribution >= 4 is 6.03 Å². The Hall–Kier alpha value is -1.55. The van der Waals surface area contributed by atoms with Crippen molar-refractivity contribution in [2.75, 3.05) is 26.7 Å². The van der Waals surface area contributed by atoms with Crippen LogP contribution in [0.2, 0.25) is 0 Å². The van der Waals surface area contributed by atoms with Gasteiger partial charge >= 0.3 is 6.03 Å². The Morgan fingerprint density at radius 1 is 1.37 bits per heavy atom. The molecular weight excluding hydrogens is 238 g/mol. The zero-order valence-electron chi connectivity index (χ0n) is 11.6. The standard InChI is InChI=1S/C15H23N3O/c1-18-11-5-8-14(12-18)17-15(19)16-10-9-13-6-3-2-4-7-13/h2-4,6-7,14H,5,8-12H2,1H3,(H2,16,17,19)/t14-/m1/s1. The molecule has 1 saturated heterocycles. The number of hydrogen-bond acceptors (Lipinski definition) is 2. The van der Waals surface area contributed by atoms with Crippen molar-refractivity contribution in [2.24, 2.45) is 0 Å². The lowest BCUT2D eigenvalue weighted by atomic mass is 10.1. The fourth-order valence-electron chi connectivity index (χ4n) is 2.49. The summed E-state index contributed by atoms with van der Waals surface area (Å²) in [5.74, 6) is 0. The fourth-order valence-corrected chi connectivity index (χ4v) is 2.49. The van der Waals surface area contributed by atoms with Gasteiger partial charge in [0.2, 0.25) is 0 Å². The maximum absolute atomic E-state index is 11.8. The van der Waals surface area contributed by atoms with E-state index in [1.165, 1.54) is 5.56 Å². The molecule has 1 aromatic carbocycles. The summed E-state index contributed by atoms with van der Waals surface area (Å²) < 4.78 is 0. The molecule has 0 unspecified atom stereocenters. The van der Waals surface area contributed by atoms with E-state index in [-0.39, 0.29) is 12.1 Å². The number of likely N-dealkylation sites (tertiary alicyclic amines) is 1. The average Bonchev–Trinajstić information content (AvgIpc) is 2.40. The van der Waals surface area contributed by atoms with E-state index >= 15 is 0 Å². The van der Waals surface area contributed by atoms with Crippen LogP contribution in [0.5, 0.6) is 0 Å². The van der Waals surface area contributed by atoms with E-state index in [1.54, 1.807) is 0 Å². The lowest BCUT2D eigenvalue weighted by molar-refractivity contribution is 0.209. The van der Waals surface area contributed by atoms with E-state index in [9.17, 15) is 4.79 Å². The quantitative estimate of drug-likeness (QED) is 0.865. The molecule has 2 rings (SSSR count). The van der Waals surface area contributed by atoms with Crippen LogP contribution in [0.3, 0.4) is 0 Å². The van der Waals surface area contributed by atoms with Crippen LogP contribution in [0.25, 0.3) is 0 Å². The van der Waals surface area contributed by atoms with Gasteiger partial charge in [0.25, 0.3) is 0 Å². The second-order valence-corrected chi connectivity index (χ2v) is 5.24. The fraction of sp³-hybridized carbons (Fsp3) is 0.533. The highest BCUT2D eigenvalue weighted by Gasteiger charge is 2.18. The van der Waals surface area contributed by atoms with E-state index in [0.717, 1.165) is 32.4 Å². The molecule has 1 heterocycles. The molecule has 0 bridgehead atoms. The van der Waals surface area contributed by atoms with E-state index in [4.69, 9.17) is 0 Å². The van der Waals surface area contributed by atoms with Crippen LogP contribution in [0.15, 0.2) is 30.3 Å². The minimum Gasteiger partial charge on any atom is -0.338 e. The number of urea groups is 1. The molecule has 4 nitrogen and oxygen atoms in total. The highest BCUT2D eigenvalue weighted by molar-refractivity contribution is 5.74. The van der Waals surface area contributed by atoms with Gasteiger partial charge in [-0.05, 0) is 38.4 Å². The lowest BCUT2D eigenvalue weighted by Crippen LogP contribution is -2.49. The molecule has 1 atom stereocenters. The zero-order valence-corrected chi connectivity index (χ0v) is 11.6. The van der Waals surface area contributed by atoms with Gasteiger partial charge < -0.3 is 15.5 Å². The Bertz CT molecular complexity index is 394. The molecule has 19 heavy (non-hydrogen) atoms. The summed E-state index contributed by atoms with van der Waals surface area (Å²) in [5.41, 5.74) is 1.25. The number of amides is 2. The number of rotatable bonds is 4. The van der Waals surface area contributed by atoms with Gasteiger partial charge in [-0.2, -0.15) is 0 Å². The largest absolute Gasteiger partial charge is 0.338 e. The van der Waals surface area contributed by atoms with Gasteiger partial charge in [-0.15, -0.1) is 0 Å². The van der Waals surface area contributed by atoms with Gasteiger partial charge in [0.1, 0.15) is 0 Å². The lowest BCUT2D eigenvalue weighted by Gasteiger charge is -2.30. The van der Waals surface area contributed by atoms with Crippen molar-refractivity contribution in [3.8, 4) is 0 Å². The Balaban J connectivity index is 1.64. The van der Waals surface area contributed by atoms with Crippen LogP contribution < -0.4 is 10.6 Å². The zero-order chi connectivity index (χ0) is 13.5. The van der Waals surface area contributed by atoms with Crippen LogP contribution in [0.1, 0.15) is 18.4 Å². The van der Waals surface area contributed by atoms with E-state index < -0.39 is 0 Å². The Kier molecular flexibility index (Phi) is 5.21. The maximum atomic E-state index is 11.8.